The highest BCUT2D eigenvalue weighted by Gasteiger charge is 2.43. The van der Waals surface area contributed by atoms with Gasteiger partial charge in [-0.3, -0.25) is 24.3 Å². The number of carbonyl (C=O) groups excluding carboxylic acids is 2. The predicted octanol–water partition coefficient (Wildman–Crippen LogP) is 1.34. The van der Waals surface area contributed by atoms with Gasteiger partial charge in [0.2, 0.25) is 11.8 Å². The molecule has 0 radical (unpaired) electrons. The Morgan fingerprint density at radius 1 is 1.04 bits per heavy atom. The van der Waals surface area contributed by atoms with E-state index < -0.39 is 0 Å². The molecule has 2 fully saturated rings. The second-order valence-corrected chi connectivity index (χ2v) is 6.71. The van der Waals surface area contributed by atoms with Crippen LogP contribution in [0.2, 0.25) is 0 Å². The SMILES string of the molecule is CC(C)N1C(=O)C[C@@H](N2CCN(Cc3ccccc3)CC2)C1=O. The summed E-state index contributed by atoms with van der Waals surface area (Å²) in [5.41, 5.74) is 1.32. The third-order valence-corrected chi connectivity index (χ3v) is 4.77. The molecule has 5 heteroatoms. The second-order valence-electron chi connectivity index (χ2n) is 6.71. The van der Waals surface area contributed by atoms with Crippen molar-refractivity contribution < 1.29 is 9.59 Å². The van der Waals surface area contributed by atoms with E-state index in [2.05, 4.69) is 34.1 Å². The van der Waals surface area contributed by atoms with Gasteiger partial charge < -0.3 is 0 Å². The smallest absolute Gasteiger partial charge is 0.247 e. The molecule has 0 saturated carbocycles. The normalized spacial score (nSPS) is 24.0. The molecule has 0 spiro atoms. The molecule has 3 rings (SSSR count). The lowest BCUT2D eigenvalue weighted by Crippen LogP contribution is -2.52. The first-order valence-electron chi connectivity index (χ1n) is 8.42. The van der Waals surface area contributed by atoms with Crippen molar-refractivity contribution in [1.82, 2.24) is 14.7 Å². The number of hydrogen-bond acceptors (Lipinski definition) is 4. The average molecular weight is 315 g/mol. The number of imide groups is 1. The van der Waals surface area contributed by atoms with E-state index in [1.54, 1.807) is 0 Å². The van der Waals surface area contributed by atoms with E-state index in [4.69, 9.17) is 0 Å². The predicted molar refractivity (Wildman–Crippen MR) is 88.7 cm³/mol. The lowest BCUT2D eigenvalue weighted by Gasteiger charge is -2.37. The Morgan fingerprint density at radius 2 is 1.70 bits per heavy atom. The Balaban J connectivity index is 1.55. The Kier molecular flexibility index (Phi) is 4.78. The maximum Gasteiger partial charge on any atom is 0.247 e. The molecule has 0 aliphatic carbocycles. The van der Waals surface area contributed by atoms with Gasteiger partial charge in [-0.05, 0) is 19.4 Å². The van der Waals surface area contributed by atoms with Crippen molar-refractivity contribution in [3.8, 4) is 0 Å². The zero-order valence-electron chi connectivity index (χ0n) is 13.9. The van der Waals surface area contributed by atoms with Crippen LogP contribution in [0.5, 0.6) is 0 Å². The monoisotopic (exact) mass is 315 g/mol. The van der Waals surface area contributed by atoms with E-state index in [0.717, 1.165) is 32.7 Å². The van der Waals surface area contributed by atoms with E-state index in [-0.39, 0.29) is 23.9 Å². The summed E-state index contributed by atoms with van der Waals surface area (Å²) in [6, 6.07) is 10.2. The highest BCUT2D eigenvalue weighted by Crippen LogP contribution is 2.22. The van der Waals surface area contributed by atoms with Crippen LogP contribution in [-0.2, 0) is 16.1 Å². The number of nitrogens with zero attached hydrogens (tertiary/aromatic N) is 3. The minimum absolute atomic E-state index is 0.0125. The van der Waals surface area contributed by atoms with Crippen LogP contribution in [0.25, 0.3) is 0 Å². The summed E-state index contributed by atoms with van der Waals surface area (Å²) >= 11 is 0. The van der Waals surface area contributed by atoms with Crippen LogP contribution in [0.4, 0.5) is 0 Å². The van der Waals surface area contributed by atoms with E-state index in [0.29, 0.717) is 6.42 Å². The van der Waals surface area contributed by atoms with Crippen molar-refractivity contribution in [2.24, 2.45) is 0 Å². The summed E-state index contributed by atoms with van der Waals surface area (Å²) in [5.74, 6) is -0.0387. The Bertz CT molecular complexity index is 565. The van der Waals surface area contributed by atoms with Crippen molar-refractivity contribution in [2.75, 3.05) is 26.2 Å². The molecule has 0 aromatic heterocycles. The number of hydrogen-bond donors (Lipinski definition) is 0. The van der Waals surface area contributed by atoms with E-state index in [1.165, 1.54) is 10.5 Å². The topological polar surface area (TPSA) is 43.9 Å². The number of benzene rings is 1. The molecule has 0 N–H and O–H groups in total. The fourth-order valence-corrected chi connectivity index (χ4v) is 3.54. The molecule has 2 saturated heterocycles. The first-order chi connectivity index (χ1) is 11.1. The van der Waals surface area contributed by atoms with Crippen LogP contribution >= 0.6 is 0 Å². The third-order valence-electron chi connectivity index (χ3n) is 4.77. The maximum absolute atomic E-state index is 12.5. The molecule has 5 nitrogen and oxygen atoms in total. The van der Waals surface area contributed by atoms with Crippen molar-refractivity contribution in [2.45, 2.75) is 38.9 Å². The quantitative estimate of drug-likeness (QED) is 0.787. The minimum Gasteiger partial charge on any atom is -0.297 e. The highest BCUT2D eigenvalue weighted by atomic mass is 16.2. The molecule has 1 atom stereocenters. The van der Waals surface area contributed by atoms with Crippen LogP contribution in [0.1, 0.15) is 25.8 Å². The Labute approximate surface area is 137 Å². The molecule has 1 aromatic carbocycles. The van der Waals surface area contributed by atoms with Crippen molar-refractivity contribution in [3.05, 3.63) is 35.9 Å². The number of likely N-dealkylation sites (tertiary alicyclic amines) is 1. The van der Waals surface area contributed by atoms with Crippen LogP contribution in [0.3, 0.4) is 0 Å². The lowest BCUT2D eigenvalue weighted by atomic mass is 10.1. The molecule has 2 aliphatic heterocycles. The highest BCUT2D eigenvalue weighted by molar-refractivity contribution is 6.05. The van der Waals surface area contributed by atoms with Gasteiger partial charge in [0.25, 0.3) is 0 Å². The molecule has 2 aliphatic rings. The van der Waals surface area contributed by atoms with Gasteiger partial charge in [0.05, 0.1) is 12.5 Å². The van der Waals surface area contributed by atoms with Gasteiger partial charge in [0.1, 0.15) is 0 Å². The van der Waals surface area contributed by atoms with Gasteiger partial charge in [-0.25, -0.2) is 0 Å². The van der Waals surface area contributed by atoms with Crippen molar-refractivity contribution >= 4 is 11.8 Å². The summed E-state index contributed by atoms with van der Waals surface area (Å²) in [4.78, 5) is 30.6. The van der Waals surface area contributed by atoms with Crippen LogP contribution < -0.4 is 0 Å². The first kappa shape index (κ1) is 16.1. The van der Waals surface area contributed by atoms with Gasteiger partial charge in [-0.1, -0.05) is 30.3 Å². The van der Waals surface area contributed by atoms with Crippen molar-refractivity contribution in [3.63, 3.8) is 0 Å². The Morgan fingerprint density at radius 3 is 2.26 bits per heavy atom. The summed E-state index contributed by atoms with van der Waals surface area (Å²) < 4.78 is 0. The zero-order valence-corrected chi connectivity index (χ0v) is 13.9. The summed E-state index contributed by atoms with van der Waals surface area (Å²) in [6.07, 6.45) is 0.343. The fraction of sp³-hybridized carbons (Fsp3) is 0.556. The van der Waals surface area contributed by atoms with Crippen LogP contribution in [0, 0.1) is 0 Å². The fourth-order valence-electron chi connectivity index (χ4n) is 3.54. The largest absolute Gasteiger partial charge is 0.297 e. The molecule has 23 heavy (non-hydrogen) atoms. The summed E-state index contributed by atoms with van der Waals surface area (Å²) in [5, 5.41) is 0. The van der Waals surface area contributed by atoms with Crippen molar-refractivity contribution in [1.29, 1.82) is 0 Å². The lowest BCUT2D eigenvalue weighted by molar-refractivity contribution is -0.141. The van der Waals surface area contributed by atoms with Crippen LogP contribution in [-0.4, -0.2) is 64.8 Å². The van der Waals surface area contributed by atoms with Gasteiger partial charge in [-0.15, -0.1) is 0 Å². The summed E-state index contributed by atoms with van der Waals surface area (Å²) in [7, 11) is 0. The molecule has 2 amide bonds. The number of amides is 2. The standard InChI is InChI=1S/C18H25N3O2/c1-14(2)21-17(22)12-16(18(21)23)20-10-8-19(9-11-20)13-15-6-4-3-5-7-15/h3-7,14,16H,8-13H2,1-2H3/t16-/m1/s1. The average Bonchev–Trinajstić information content (AvgIpc) is 2.84. The van der Waals surface area contributed by atoms with Gasteiger partial charge in [-0.2, -0.15) is 0 Å². The molecule has 1 aromatic rings. The summed E-state index contributed by atoms with van der Waals surface area (Å²) in [6.45, 7) is 8.32. The third kappa shape index (κ3) is 3.46. The molecule has 0 bridgehead atoms. The number of piperazine rings is 1. The molecule has 124 valence electrons. The zero-order chi connectivity index (χ0) is 16.4. The van der Waals surface area contributed by atoms with E-state index in [9.17, 15) is 9.59 Å². The Hall–Kier alpha value is -1.72. The molecular formula is C18H25N3O2. The number of carbonyl (C=O) groups is 2. The molecule has 2 heterocycles. The van der Waals surface area contributed by atoms with E-state index in [1.807, 2.05) is 19.9 Å². The maximum atomic E-state index is 12.5. The van der Waals surface area contributed by atoms with Gasteiger partial charge >= 0.3 is 0 Å². The number of rotatable bonds is 4. The van der Waals surface area contributed by atoms with Gasteiger partial charge in [0.15, 0.2) is 0 Å². The minimum atomic E-state index is -0.247. The van der Waals surface area contributed by atoms with Crippen LogP contribution in [0.15, 0.2) is 30.3 Å². The van der Waals surface area contributed by atoms with E-state index >= 15 is 0 Å². The van der Waals surface area contributed by atoms with Gasteiger partial charge in [0, 0.05) is 38.8 Å². The molecule has 0 unspecified atom stereocenters. The second kappa shape index (κ2) is 6.81. The molecular weight excluding hydrogens is 290 g/mol. The first-order valence-corrected chi connectivity index (χ1v) is 8.42.